The molecule has 1 aliphatic rings. The molecule has 0 saturated carbocycles. The lowest BCUT2D eigenvalue weighted by atomic mass is 9.96. The first-order valence-electron chi connectivity index (χ1n) is 9.58. The molecule has 0 radical (unpaired) electrons. The van der Waals surface area contributed by atoms with Crippen molar-refractivity contribution in [2.45, 2.75) is 19.3 Å². The summed E-state index contributed by atoms with van der Waals surface area (Å²) in [7, 11) is 0. The first kappa shape index (κ1) is 18.6. The number of hydrogen-bond donors (Lipinski definition) is 0. The van der Waals surface area contributed by atoms with Gasteiger partial charge in [-0.15, -0.1) is 0 Å². The largest absolute Gasteiger partial charge is 0.454 e. The number of carbonyl (C=O) groups is 2. The Kier molecular flexibility index (Phi) is 5.22. The summed E-state index contributed by atoms with van der Waals surface area (Å²) in [5.41, 5.74) is 5.15. The SMILES string of the molecule is N#Cc1ccccc1-c1ccccc1C(=O)OCC(=O)c1ccc2c(c1)CCC2. The highest BCUT2D eigenvalue weighted by molar-refractivity contribution is 6.02. The fourth-order valence-electron chi connectivity index (χ4n) is 3.75. The van der Waals surface area contributed by atoms with Crippen molar-refractivity contribution in [3.8, 4) is 17.2 Å². The summed E-state index contributed by atoms with van der Waals surface area (Å²) in [5.74, 6) is -0.800. The summed E-state index contributed by atoms with van der Waals surface area (Å²) in [6, 6.07) is 21.9. The quantitative estimate of drug-likeness (QED) is 0.472. The highest BCUT2D eigenvalue weighted by Gasteiger charge is 2.19. The molecule has 0 atom stereocenters. The van der Waals surface area contributed by atoms with E-state index in [0.717, 1.165) is 19.3 Å². The standard InChI is InChI=1S/C25H19NO3/c26-15-20-6-1-2-9-21(20)22-10-3-4-11-23(22)25(28)29-16-24(27)19-13-12-17-7-5-8-18(17)14-19/h1-4,6,9-14H,5,7-8,16H2. The fourth-order valence-corrected chi connectivity index (χ4v) is 3.75. The predicted octanol–water partition coefficient (Wildman–Crippen LogP) is 4.75. The number of carbonyl (C=O) groups excluding carboxylic acids is 2. The van der Waals surface area contributed by atoms with Crippen LogP contribution in [0.4, 0.5) is 0 Å². The lowest BCUT2D eigenvalue weighted by Crippen LogP contribution is -2.15. The molecule has 0 heterocycles. The molecular weight excluding hydrogens is 362 g/mol. The van der Waals surface area contributed by atoms with Crippen LogP contribution in [0.25, 0.3) is 11.1 Å². The van der Waals surface area contributed by atoms with E-state index in [9.17, 15) is 14.9 Å². The van der Waals surface area contributed by atoms with Crippen LogP contribution in [-0.2, 0) is 17.6 Å². The van der Waals surface area contributed by atoms with Crippen molar-refractivity contribution in [3.63, 3.8) is 0 Å². The van der Waals surface area contributed by atoms with Crippen LogP contribution >= 0.6 is 0 Å². The second-order valence-electron chi connectivity index (χ2n) is 7.04. The highest BCUT2D eigenvalue weighted by atomic mass is 16.5. The number of ketones is 1. The molecule has 4 nitrogen and oxygen atoms in total. The second-order valence-corrected chi connectivity index (χ2v) is 7.04. The average Bonchev–Trinajstić information content (AvgIpc) is 3.25. The van der Waals surface area contributed by atoms with Gasteiger partial charge in [-0.2, -0.15) is 5.26 Å². The van der Waals surface area contributed by atoms with E-state index in [-0.39, 0.29) is 12.4 Å². The summed E-state index contributed by atoms with van der Waals surface area (Å²) < 4.78 is 5.33. The third kappa shape index (κ3) is 3.81. The molecule has 0 N–H and O–H groups in total. The molecule has 0 spiro atoms. The first-order chi connectivity index (χ1) is 14.2. The van der Waals surface area contributed by atoms with E-state index >= 15 is 0 Å². The van der Waals surface area contributed by atoms with Crippen molar-refractivity contribution in [1.82, 2.24) is 0 Å². The van der Waals surface area contributed by atoms with Crippen molar-refractivity contribution < 1.29 is 14.3 Å². The van der Waals surface area contributed by atoms with Gasteiger partial charge in [0.2, 0.25) is 0 Å². The van der Waals surface area contributed by atoms with Gasteiger partial charge in [0.15, 0.2) is 12.4 Å². The lowest BCUT2D eigenvalue weighted by molar-refractivity contribution is 0.0475. The van der Waals surface area contributed by atoms with Crippen LogP contribution in [0.5, 0.6) is 0 Å². The van der Waals surface area contributed by atoms with Gasteiger partial charge in [0.05, 0.1) is 17.2 Å². The summed E-state index contributed by atoms with van der Waals surface area (Å²) in [5, 5.41) is 9.37. The zero-order valence-electron chi connectivity index (χ0n) is 15.9. The van der Waals surface area contributed by atoms with Gasteiger partial charge >= 0.3 is 5.97 Å². The Labute approximate surface area is 169 Å². The molecule has 0 aromatic heterocycles. The summed E-state index contributed by atoms with van der Waals surface area (Å²) in [6.45, 7) is -0.314. The molecular formula is C25H19NO3. The maximum Gasteiger partial charge on any atom is 0.339 e. The number of fused-ring (bicyclic) bond motifs is 1. The lowest BCUT2D eigenvalue weighted by Gasteiger charge is -2.11. The predicted molar refractivity (Wildman–Crippen MR) is 110 cm³/mol. The molecule has 0 bridgehead atoms. The van der Waals surface area contributed by atoms with Crippen LogP contribution < -0.4 is 0 Å². The Bertz CT molecular complexity index is 1140. The normalized spacial score (nSPS) is 12.1. The molecule has 4 heteroatoms. The van der Waals surface area contributed by atoms with Crippen molar-refractivity contribution in [2.24, 2.45) is 0 Å². The highest BCUT2D eigenvalue weighted by Crippen LogP contribution is 2.27. The van der Waals surface area contributed by atoms with E-state index in [0.29, 0.717) is 27.8 Å². The number of nitrogens with zero attached hydrogens (tertiary/aromatic N) is 1. The maximum atomic E-state index is 12.7. The average molecular weight is 381 g/mol. The molecule has 0 amide bonds. The third-order valence-corrected chi connectivity index (χ3v) is 5.24. The first-order valence-corrected chi connectivity index (χ1v) is 9.58. The van der Waals surface area contributed by atoms with E-state index < -0.39 is 5.97 Å². The number of esters is 1. The van der Waals surface area contributed by atoms with E-state index in [1.165, 1.54) is 11.1 Å². The minimum Gasteiger partial charge on any atom is -0.454 e. The maximum absolute atomic E-state index is 12.7. The number of hydrogen-bond acceptors (Lipinski definition) is 4. The van der Waals surface area contributed by atoms with Gasteiger partial charge in [-0.1, -0.05) is 48.5 Å². The minimum atomic E-state index is -0.581. The number of rotatable bonds is 5. The van der Waals surface area contributed by atoms with Crippen LogP contribution in [0, 0.1) is 11.3 Å². The van der Waals surface area contributed by atoms with Crippen molar-refractivity contribution >= 4 is 11.8 Å². The van der Waals surface area contributed by atoms with Crippen molar-refractivity contribution in [2.75, 3.05) is 6.61 Å². The van der Waals surface area contributed by atoms with Crippen molar-refractivity contribution in [1.29, 1.82) is 5.26 Å². The van der Waals surface area contributed by atoms with Crippen LogP contribution in [0.15, 0.2) is 66.7 Å². The van der Waals surface area contributed by atoms with Gasteiger partial charge in [0.25, 0.3) is 0 Å². The zero-order chi connectivity index (χ0) is 20.2. The van der Waals surface area contributed by atoms with E-state index in [1.54, 1.807) is 48.5 Å². The monoisotopic (exact) mass is 381 g/mol. The fraction of sp³-hybridized carbons (Fsp3) is 0.160. The number of ether oxygens (including phenoxy) is 1. The minimum absolute atomic E-state index is 0.219. The summed E-state index contributed by atoms with van der Waals surface area (Å²) >= 11 is 0. The van der Waals surface area contributed by atoms with E-state index in [2.05, 4.69) is 6.07 Å². The van der Waals surface area contributed by atoms with E-state index in [1.807, 2.05) is 18.2 Å². The number of aryl methyl sites for hydroxylation is 2. The van der Waals surface area contributed by atoms with Crippen LogP contribution in [0.3, 0.4) is 0 Å². The summed E-state index contributed by atoms with van der Waals surface area (Å²) in [4.78, 5) is 25.2. The molecule has 0 unspecified atom stereocenters. The van der Waals surface area contributed by atoms with Crippen LogP contribution in [-0.4, -0.2) is 18.4 Å². The Hall–Kier alpha value is -3.71. The molecule has 4 rings (SSSR count). The van der Waals surface area contributed by atoms with Gasteiger partial charge in [0.1, 0.15) is 0 Å². The smallest absolute Gasteiger partial charge is 0.339 e. The van der Waals surface area contributed by atoms with Crippen molar-refractivity contribution in [3.05, 3.63) is 94.5 Å². The Morgan fingerprint density at radius 1 is 0.897 bits per heavy atom. The molecule has 29 heavy (non-hydrogen) atoms. The van der Waals surface area contributed by atoms with Gasteiger partial charge in [0, 0.05) is 11.1 Å². The molecule has 0 saturated heterocycles. The topological polar surface area (TPSA) is 67.2 Å². The molecule has 3 aromatic carbocycles. The molecule has 0 aliphatic heterocycles. The number of nitriles is 1. The van der Waals surface area contributed by atoms with Gasteiger partial charge < -0.3 is 4.74 Å². The second kappa shape index (κ2) is 8.12. The number of benzene rings is 3. The number of Topliss-reactive ketones (excluding diaryl/α,β-unsaturated/α-hetero) is 1. The Balaban J connectivity index is 1.52. The molecule has 142 valence electrons. The molecule has 0 fully saturated rings. The van der Waals surface area contributed by atoms with Crippen LogP contribution in [0.2, 0.25) is 0 Å². The van der Waals surface area contributed by atoms with Gasteiger partial charge in [-0.3, -0.25) is 4.79 Å². The third-order valence-electron chi connectivity index (χ3n) is 5.24. The molecule has 3 aromatic rings. The van der Waals surface area contributed by atoms with Crippen LogP contribution in [0.1, 0.15) is 43.8 Å². The van der Waals surface area contributed by atoms with Gasteiger partial charge in [-0.05, 0) is 54.2 Å². The zero-order valence-corrected chi connectivity index (χ0v) is 15.9. The van der Waals surface area contributed by atoms with E-state index in [4.69, 9.17) is 4.74 Å². The molecule has 1 aliphatic carbocycles. The summed E-state index contributed by atoms with van der Waals surface area (Å²) in [6.07, 6.45) is 3.16. The Morgan fingerprint density at radius 3 is 2.45 bits per heavy atom. The Morgan fingerprint density at radius 2 is 1.62 bits per heavy atom. The van der Waals surface area contributed by atoms with Gasteiger partial charge in [-0.25, -0.2) is 4.79 Å².